The topological polar surface area (TPSA) is 42.0 Å². The van der Waals surface area contributed by atoms with E-state index in [1.807, 2.05) is 48.5 Å². The zero-order chi connectivity index (χ0) is 14.2. The summed E-state index contributed by atoms with van der Waals surface area (Å²) in [5.74, 6) is 0.0530. The molecule has 4 rings (SSSR count). The summed E-state index contributed by atoms with van der Waals surface area (Å²) >= 11 is 0. The molecule has 3 nitrogen and oxygen atoms in total. The minimum Gasteiger partial charge on any atom is -0.309 e. The fraction of sp³-hybridized carbons (Fsp3) is 0.111. The van der Waals surface area contributed by atoms with Crippen LogP contribution < -0.4 is 5.32 Å². The van der Waals surface area contributed by atoms with E-state index in [1.54, 1.807) is 6.20 Å². The Morgan fingerprint density at radius 1 is 0.952 bits per heavy atom. The summed E-state index contributed by atoms with van der Waals surface area (Å²) in [5, 5.41) is 4.34. The zero-order valence-electron chi connectivity index (χ0n) is 11.5. The molecule has 2 aromatic carbocycles. The number of nitrogens with zero attached hydrogens (tertiary/aromatic N) is 1. The maximum absolute atomic E-state index is 12.6. The van der Waals surface area contributed by atoms with E-state index >= 15 is 0 Å². The number of hydrogen-bond acceptors (Lipinski definition) is 3. The zero-order valence-corrected chi connectivity index (χ0v) is 11.5. The van der Waals surface area contributed by atoms with Crippen LogP contribution in [0.1, 0.15) is 27.0 Å². The summed E-state index contributed by atoms with van der Waals surface area (Å²) in [6, 6.07) is 15.5. The normalized spacial score (nSPS) is 13.3. The minimum atomic E-state index is 0.0530. The van der Waals surface area contributed by atoms with Crippen molar-refractivity contribution in [2.75, 3.05) is 0 Å². The van der Waals surface area contributed by atoms with E-state index < -0.39 is 0 Å². The summed E-state index contributed by atoms with van der Waals surface area (Å²) in [6.45, 7) is 1.74. The van der Waals surface area contributed by atoms with E-state index in [1.165, 1.54) is 11.1 Å². The van der Waals surface area contributed by atoms with Crippen molar-refractivity contribution in [2.24, 2.45) is 0 Å². The fourth-order valence-electron chi connectivity index (χ4n) is 2.81. The number of carbonyl (C=O) groups excluding carboxylic acids is 1. The highest BCUT2D eigenvalue weighted by molar-refractivity contribution is 6.10. The lowest BCUT2D eigenvalue weighted by Gasteiger charge is -2.05. The van der Waals surface area contributed by atoms with Crippen LogP contribution in [0.4, 0.5) is 0 Å². The molecule has 1 aromatic heterocycles. The fourth-order valence-corrected chi connectivity index (χ4v) is 2.81. The number of hydrogen-bond donors (Lipinski definition) is 1. The number of pyridine rings is 1. The van der Waals surface area contributed by atoms with Crippen LogP contribution in [0.25, 0.3) is 10.9 Å². The Labute approximate surface area is 122 Å². The predicted octanol–water partition coefficient (Wildman–Crippen LogP) is 3.07. The van der Waals surface area contributed by atoms with Crippen LogP contribution in [0.2, 0.25) is 0 Å². The molecule has 3 aromatic rings. The van der Waals surface area contributed by atoms with Crippen molar-refractivity contribution >= 4 is 16.7 Å². The van der Waals surface area contributed by atoms with Gasteiger partial charge in [0.1, 0.15) is 0 Å². The van der Waals surface area contributed by atoms with E-state index in [2.05, 4.69) is 10.3 Å². The highest BCUT2D eigenvalue weighted by atomic mass is 16.1. The Balaban J connectivity index is 1.75. The second-order valence-electron chi connectivity index (χ2n) is 5.33. The van der Waals surface area contributed by atoms with Crippen molar-refractivity contribution in [3.05, 3.63) is 77.0 Å². The summed E-state index contributed by atoms with van der Waals surface area (Å²) in [7, 11) is 0. The highest BCUT2D eigenvalue weighted by Gasteiger charge is 2.15. The van der Waals surface area contributed by atoms with Gasteiger partial charge in [-0.3, -0.25) is 9.78 Å². The van der Waals surface area contributed by atoms with Crippen molar-refractivity contribution in [1.29, 1.82) is 0 Å². The third kappa shape index (κ3) is 2.12. The summed E-state index contributed by atoms with van der Waals surface area (Å²) in [5.41, 5.74) is 4.79. The lowest BCUT2D eigenvalue weighted by molar-refractivity contribution is 0.103. The lowest BCUT2D eigenvalue weighted by atomic mass is 9.98. The van der Waals surface area contributed by atoms with Gasteiger partial charge in [-0.2, -0.15) is 0 Å². The Morgan fingerprint density at radius 3 is 2.71 bits per heavy atom. The molecule has 1 aliphatic rings. The molecular weight excluding hydrogens is 260 g/mol. The van der Waals surface area contributed by atoms with Crippen molar-refractivity contribution in [3.8, 4) is 0 Å². The first kappa shape index (κ1) is 12.2. The molecule has 0 bridgehead atoms. The van der Waals surface area contributed by atoms with Crippen LogP contribution in [0.5, 0.6) is 0 Å². The molecule has 21 heavy (non-hydrogen) atoms. The van der Waals surface area contributed by atoms with E-state index in [4.69, 9.17) is 0 Å². The molecule has 0 spiro atoms. The molecule has 0 saturated carbocycles. The van der Waals surface area contributed by atoms with E-state index in [-0.39, 0.29) is 5.78 Å². The second-order valence-corrected chi connectivity index (χ2v) is 5.33. The number of carbonyl (C=O) groups is 1. The largest absolute Gasteiger partial charge is 0.309 e. The Morgan fingerprint density at radius 2 is 1.76 bits per heavy atom. The van der Waals surface area contributed by atoms with E-state index in [0.29, 0.717) is 5.56 Å². The number of ketones is 1. The van der Waals surface area contributed by atoms with Crippen LogP contribution in [-0.4, -0.2) is 10.8 Å². The smallest absolute Gasteiger partial charge is 0.193 e. The van der Waals surface area contributed by atoms with Gasteiger partial charge in [-0.1, -0.05) is 30.3 Å². The first-order valence-electron chi connectivity index (χ1n) is 7.03. The first-order valence-corrected chi connectivity index (χ1v) is 7.03. The number of aromatic nitrogens is 1. The summed E-state index contributed by atoms with van der Waals surface area (Å²) in [6.07, 6.45) is 1.75. The molecule has 102 valence electrons. The molecule has 0 amide bonds. The number of rotatable bonds is 2. The molecule has 0 atom stereocenters. The molecule has 0 fully saturated rings. The molecule has 0 unspecified atom stereocenters. The monoisotopic (exact) mass is 274 g/mol. The Bertz CT molecular complexity index is 855. The van der Waals surface area contributed by atoms with Crippen molar-refractivity contribution in [2.45, 2.75) is 13.1 Å². The molecule has 2 heterocycles. The summed E-state index contributed by atoms with van der Waals surface area (Å²) in [4.78, 5) is 17.0. The Kier molecular flexibility index (Phi) is 2.79. The maximum atomic E-state index is 12.6. The van der Waals surface area contributed by atoms with Crippen LogP contribution in [0.15, 0.2) is 54.7 Å². The van der Waals surface area contributed by atoms with Crippen LogP contribution in [0, 0.1) is 0 Å². The van der Waals surface area contributed by atoms with E-state index in [0.717, 1.165) is 29.6 Å². The predicted molar refractivity (Wildman–Crippen MR) is 82.2 cm³/mol. The van der Waals surface area contributed by atoms with Gasteiger partial charge >= 0.3 is 0 Å². The SMILES string of the molecule is O=C(c1ccc2c(c1)CNC2)c1ccc2cccnc2c1. The highest BCUT2D eigenvalue weighted by Crippen LogP contribution is 2.21. The van der Waals surface area contributed by atoms with Gasteiger partial charge in [0.2, 0.25) is 0 Å². The maximum Gasteiger partial charge on any atom is 0.193 e. The van der Waals surface area contributed by atoms with Gasteiger partial charge in [0.05, 0.1) is 5.52 Å². The summed E-state index contributed by atoms with van der Waals surface area (Å²) < 4.78 is 0. The average Bonchev–Trinajstić information content (AvgIpc) is 3.01. The van der Waals surface area contributed by atoms with Crippen LogP contribution in [-0.2, 0) is 13.1 Å². The number of nitrogens with one attached hydrogen (secondary N) is 1. The third-order valence-corrected chi connectivity index (χ3v) is 3.97. The number of benzene rings is 2. The molecule has 1 aliphatic heterocycles. The first-order chi connectivity index (χ1) is 10.3. The standard InChI is InChI=1S/C18H14N2O/c21-18(13-5-6-15-10-19-11-16(15)8-13)14-4-3-12-2-1-7-20-17(12)9-14/h1-9,19H,10-11H2. The van der Waals surface area contributed by atoms with Gasteiger partial charge in [-0.05, 0) is 29.3 Å². The van der Waals surface area contributed by atoms with Crippen LogP contribution in [0.3, 0.4) is 0 Å². The second kappa shape index (κ2) is 4.79. The quantitative estimate of drug-likeness (QED) is 0.730. The van der Waals surface area contributed by atoms with E-state index in [9.17, 15) is 4.79 Å². The van der Waals surface area contributed by atoms with Crippen LogP contribution >= 0.6 is 0 Å². The minimum absolute atomic E-state index is 0.0530. The van der Waals surface area contributed by atoms with Crippen molar-refractivity contribution in [3.63, 3.8) is 0 Å². The number of fused-ring (bicyclic) bond motifs is 2. The third-order valence-electron chi connectivity index (χ3n) is 3.97. The van der Waals surface area contributed by atoms with Gasteiger partial charge < -0.3 is 5.32 Å². The molecule has 0 radical (unpaired) electrons. The van der Waals surface area contributed by atoms with Gasteiger partial charge in [-0.25, -0.2) is 0 Å². The van der Waals surface area contributed by atoms with Gasteiger partial charge in [0.25, 0.3) is 0 Å². The molecule has 0 aliphatic carbocycles. The van der Waals surface area contributed by atoms with Crippen molar-refractivity contribution < 1.29 is 4.79 Å². The average molecular weight is 274 g/mol. The van der Waals surface area contributed by atoms with Gasteiger partial charge in [0, 0.05) is 35.8 Å². The molecule has 1 N–H and O–H groups in total. The molecular formula is C18H14N2O. The van der Waals surface area contributed by atoms with Crippen molar-refractivity contribution in [1.82, 2.24) is 10.3 Å². The van der Waals surface area contributed by atoms with Gasteiger partial charge in [-0.15, -0.1) is 0 Å². The molecule has 0 saturated heterocycles. The lowest BCUT2D eigenvalue weighted by Crippen LogP contribution is -2.02. The Hall–Kier alpha value is -2.52. The van der Waals surface area contributed by atoms with Gasteiger partial charge in [0.15, 0.2) is 5.78 Å². The molecule has 3 heteroatoms.